The molecule has 4 heterocycles. The van der Waals surface area contributed by atoms with Gasteiger partial charge in [-0.05, 0) is 67.6 Å². The Bertz CT molecular complexity index is 892. The van der Waals surface area contributed by atoms with Crippen LogP contribution in [0.3, 0.4) is 0 Å². The number of hydrogen-bond donors (Lipinski definition) is 0. The summed E-state index contributed by atoms with van der Waals surface area (Å²) in [5.74, 6) is 0.726. The van der Waals surface area contributed by atoms with E-state index in [4.69, 9.17) is 23.2 Å². The summed E-state index contributed by atoms with van der Waals surface area (Å²) in [5, 5.41) is 1.27. The molecule has 140 valence electrons. The molecule has 3 saturated heterocycles. The Balaban J connectivity index is 1.61. The molecule has 0 radical (unpaired) electrons. The van der Waals surface area contributed by atoms with Gasteiger partial charge >= 0.3 is 0 Å². The second-order valence-corrected chi connectivity index (χ2v) is 8.80. The van der Waals surface area contributed by atoms with Gasteiger partial charge in [-0.2, -0.15) is 0 Å². The normalized spacial score (nSPS) is 29.7. The molecular weight excluding hydrogens is 379 g/mol. The molecule has 6 rings (SSSR count). The average Bonchev–Trinajstić information content (AvgIpc) is 2.69. The van der Waals surface area contributed by atoms with Crippen LogP contribution < -0.4 is 0 Å². The number of rotatable bonds is 2. The van der Waals surface area contributed by atoms with Gasteiger partial charge in [0.2, 0.25) is 0 Å². The number of carbonyl (C=O) groups excluding carboxylic acids is 1. The van der Waals surface area contributed by atoms with E-state index in [1.54, 1.807) is 6.07 Å². The van der Waals surface area contributed by atoms with Crippen molar-refractivity contribution in [1.29, 1.82) is 0 Å². The van der Waals surface area contributed by atoms with Gasteiger partial charge in [-0.3, -0.25) is 4.79 Å². The Morgan fingerprint density at radius 2 is 1.78 bits per heavy atom. The topological polar surface area (TPSA) is 23.6 Å². The lowest BCUT2D eigenvalue weighted by Crippen LogP contribution is -2.60. The van der Waals surface area contributed by atoms with Crippen molar-refractivity contribution in [3.8, 4) is 0 Å². The Morgan fingerprint density at radius 3 is 2.48 bits per heavy atom. The molecule has 1 amide bonds. The van der Waals surface area contributed by atoms with Gasteiger partial charge in [0.25, 0.3) is 5.91 Å². The molecule has 4 aliphatic rings. The molecule has 0 aromatic heterocycles. The standard InChI is InChI=1S/C22H22Cl2N2O/c23-16-5-6-18(19(24)12-16)20-11-15-3-1-2-4-17(15)22(27)26(20)21-13-25-9-7-14(21)8-10-25/h1-6,12,14,20-21H,7-11,13H2/t20?,21-/m0/s1. The lowest BCUT2D eigenvalue weighted by atomic mass is 9.79. The van der Waals surface area contributed by atoms with Crippen molar-refractivity contribution in [3.63, 3.8) is 0 Å². The van der Waals surface area contributed by atoms with Crippen LogP contribution in [-0.4, -0.2) is 41.4 Å². The third-order valence-corrected chi connectivity index (χ3v) is 7.09. The summed E-state index contributed by atoms with van der Waals surface area (Å²) in [6.45, 7) is 3.29. The van der Waals surface area contributed by atoms with E-state index < -0.39 is 0 Å². The number of carbonyl (C=O) groups is 1. The number of nitrogens with zero attached hydrogens (tertiary/aromatic N) is 2. The van der Waals surface area contributed by atoms with Crippen molar-refractivity contribution in [2.75, 3.05) is 19.6 Å². The smallest absolute Gasteiger partial charge is 0.254 e. The predicted molar refractivity (Wildman–Crippen MR) is 108 cm³/mol. The number of piperidine rings is 3. The van der Waals surface area contributed by atoms with Crippen LogP contribution in [-0.2, 0) is 6.42 Å². The summed E-state index contributed by atoms with van der Waals surface area (Å²) in [4.78, 5) is 18.2. The fourth-order valence-electron chi connectivity index (χ4n) is 5.16. The van der Waals surface area contributed by atoms with Gasteiger partial charge < -0.3 is 9.80 Å². The number of fused-ring (bicyclic) bond motifs is 4. The molecule has 0 spiro atoms. The Hall–Kier alpha value is -1.55. The summed E-state index contributed by atoms with van der Waals surface area (Å²) in [6, 6.07) is 13.9. The fourth-order valence-corrected chi connectivity index (χ4v) is 5.69. The van der Waals surface area contributed by atoms with Gasteiger partial charge in [0, 0.05) is 28.2 Å². The molecular formula is C22H22Cl2N2O. The first-order valence-electron chi connectivity index (χ1n) is 9.69. The second kappa shape index (κ2) is 6.80. The third-order valence-electron chi connectivity index (χ3n) is 6.53. The zero-order valence-electron chi connectivity index (χ0n) is 15.1. The van der Waals surface area contributed by atoms with Crippen LogP contribution in [0.2, 0.25) is 10.0 Å². The van der Waals surface area contributed by atoms with Crippen LogP contribution in [0.15, 0.2) is 42.5 Å². The maximum atomic E-state index is 13.6. The Kier molecular flexibility index (Phi) is 4.42. The SMILES string of the molecule is O=C1c2ccccc2CC(c2ccc(Cl)cc2Cl)N1[C@H]1CN2CCC1CC2. The van der Waals surface area contributed by atoms with Crippen molar-refractivity contribution in [2.45, 2.75) is 31.3 Å². The summed E-state index contributed by atoms with van der Waals surface area (Å²) in [6.07, 6.45) is 3.15. The summed E-state index contributed by atoms with van der Waals surface area (Å²) >= 11 is 12.7. The van der Waals surface area contributed by atoms with Crippen LogP contribution >= 0.6 is 23.2 Å². The molecule has 1 unspecified atom stereocenters. The zero-order chi connectivity index (χ0) is 18.5. The van der Waals surface area contributed by atoms with Crippen molar-refractivity contribution >= 4 is 29.1 Å². The number of benzene rings is 2. The molecule has 3 nitrogen and oxygen atoms in total. The molecule has 0 N–H and O–H groups in total. The lowest BCUT2D eigenvalue weighted by molar-refractivity contribution is -0.0104. The minimum atomic E-state index is -0.0392. The highest BCUT2D eigenvalue weighted by molar-refractivity contribution is 6.35. The van der Waals surface area contributed by atoms with Gasteiger partial charge in [0.05, 0.1) is 6.04 Å². The highest BCUT2D eigenvalue weighted by Gasteiger charge is 2.45. The van der Waals surface area contributed by atoms with Crippen molar-refractivity contribution in [3.05, 3.63) is 69.2 Å². The van der Waals surface area contributed by atoms with Crippen LogP contribution in [0.25, 0.3) is 0 Å². The minimum absolute atomic E-state index is 0.0392. The van der Waals surface area contributed by atoms with Gasteiger partial charge in [0.15, 0.2) is 0 Å². The Labute approximate surface area is 169 Å². The van der Waals surface area contributed by atoms with E-state index >= 15 is 0 Å². The second-order valence-electron chi connectivity index (χ2n) is 7.96. The van der Waals surface area contributed by atoms with Gasteiger partial charge in [0.1, 0.15) is 0 Å². The maximum Gasteiger partial charge on any atom is 0.254 e. The molecule has 0 aliphatic carbocycles. The lowest BCUT2D eigenvalue weighted by Gasteiger charge is -2.52. The largest absolute Gasteiger partial charge is 0.327 e. The fraction of sp³-hybridized carbons (Fsp3) is 0.409. The molecule has 3 fully saturated rings. The van der Waals surface area contributed by atoms with Crippen LogP contribution in [0.5, 0.6) is 0 Å². The Morgan fingerprint density at radius 1 is 1.00 bits per heavy atom. The number of halogens is 2. The first-order valence-corrected chi connectivity index (χ1v) is 10.5. The molecule has 2 aromatic carbocycles. The van der Waals surface area contributed by atoms with Crippen LogP contribution in [0.4, 0.5) is 0 Å². The van der Waals surface area contributed by atoms with Crippen molar-refractivity contribution in [2.24, 2.45) is 5.92 Å². The molecule has 2 atom stereocenters. The van der Waals surface area contributed by atoms with E-state index in [9.17, 15) is 4.79 Å². The van der Waals surface area contributed by atoms with E-state index in [1.807, 2.05) is 30.3 Å². The van der Waals surface area contributed by atoms with Crippen molar-refractivity contribution in [1.82, 2.24) is 9.80 Å². The summed E-state index contributed by atoms with van der Waals surface area (Å²) in [5.41, 5.74) is 2.95. The first kappa shape index (κ1) is 17.5. The zero-order valence-corrected chi connectivity index (χ0v) is 16.6. The summed E-state index contributed by atoms with van der Waals surface area (Å²) in [7, 11) is 0. The van der Waals surface area contributed by atoms with E-state index in [-0.39, 0.29) is 18.0 Å². The number of hydrogen-bond acceptors (Lipinski definition) is 2. The monoisotopic (exact) mass is 400 g/mol. The van der Waals surface area contributed by atoms with Gasteiger partial charge in [-0.1, -0.05) is 47.5 Å². The minimum Gasteiger partial charge on any atom is -0.327 e. The van der Waals surface area contributed by atoms with E-state index in [0.717, 1.165) is 42.7 Å². The van der Waals surface area contributed by atoms with E-state index in [0.29, 0.717) is 16.0 Å². The van der Waals surface area contributed by atoms with E-state index in [1.165, 1.54) is 12.8 Å². The quantitative estimate of drug-likeness (QED) is 0.720. The predicted octanol–water partition coefficient (Wildman–Crippen LogP) is 4.83. The first-order chi connectivity index (χ1) is 13.1. The maximum absolute atomic E-state index is 13.6. The average molecular weight is 401 g/mol. The van der Waals surface area contributed by atoms with Crippen LogP contribution in [0, 0.1) is 5.92 Å². The van der Waals surface area contributed by atoms with E-state index in [2.05, 4.69) is 15.9 Å². The van der Waals surface area contributed by atoms with Gasteiger partial charge in [-0.25, -0.2) is 0 Å². The molecule has 2 aromatic rings. The molecule has 4 aliphatic heterocycles. The molecule has 0 saturated carbocycles. The highest BCUT2D eigenvalue weighted by Crippen LogP contribution is 2.42. The molecule has 2 bridgehead atoms. The number of amides is 1. The molecule has 27 heavy (non-hydrogen) atoms. The third kappa shape index (κ3) is 2.97. The molecule has 5 heteroatoms. The highest BCUT2D eigenvalue weighted by atomic mass is 35.5. The van der Waals surface area contributed by atoms with Crippen LogP contribution in [0.1, 0.15) is 40.4 Å². The summed E-state index contributed by atoms with van der Waals surface area (Å²) < 4.78 is 0. The van der Waals surface area contributed by atoms with Crippen molar-refractivity contribution < 1.29 is 4.79 Å². The van der Waals surface area contributed by atoms with Gasteiger partial charge in [-0.15, -0.1) is 0 Å².